The highest BCUT2D eigenvalue weighted by Gasteiger charge is 2.16. The van der Waals surface area contributed by atoms with Crippen LogP contribution in [0.4, 0.5) is 0 Å². The molecule has 2 rings (SSSR count). The standard InChI is InChI=1S/C11H8Cl2N2O/c1-15-6-14-5-9(15)11(16)7-3-2-4-8(12)10(7)13/h2-6H,1H3. The maximum absolute atomic E-state index is 12.1. The molecular formula is C11H8Cl2N2O. The minimum atomic E-state index is -0.187. The Labute approximate surface area is 103 Å². The zero-order chi connectivity index (χ0) is 11.7. The molecule has 0 atom stereocenters. The molecule has 0 spiro atoms. The molecule has 0 aliphatic carbocycles. The van der Waals surface area contributed by atoms with Crippen LogP contribution in [-0.2, 0) is 7.05 Å². The summed E-state index contributed by atoms with van der Waals surface area (Å²) in [6.07, 6.45) is 3.06. The molecule has 0 N–H and O–H groups in total. The van der Waals surface area contributed by atoms with Crippen LogP contribution in [0.15, 0.2) is 30.7 Å². The predicted octanol–water partition coefficient (Wildman–Crippen LogP) is 2.96. The molecule has 0 saturated carbocycles. The first-order valence-corrected chi connectivity index (χ1v) is 5.32. The summed E-state index contributed by atoms with van der Waals surface area (Å²) in [4.78, 5) is 16.0. The van der Waals surface area contributed by atoms with Crippen LogP contribution in [0.5, 0.6) is 0 Å². The average molecular weight is 255 g/mol. The van der Waals surface area contributed by atoms with Crippen LogP contribution in [0, 0.1) is 0 Å². The van der Waals surface area contributed by atoms with Crippen molar-refractivity contribution >= 4 is 29.0 Å². The summed E-state index contributed by atoms with van der Waals surface area (Å²) in [7, 11) is 1.75. The van der Waals surface area contributed by atoms with Gasteiger partial charge >= 0.3 is 0 Å². The van der Waals surface area contributed by atoms with Crippen LogP contribution >= 0.6 is 23.2 Å². The fraction of sp³-hybridized carbons (Fsp3) is 0.0909. The van der Waals surface area contributed by atoms with Gasteiger partial charge in [-0.2, -0.15) is 0 Å². The maximum Gasteiger partial charge on any atom is 0.212 e. The van der Waals surface area contributed by atoms with Gasteiger partial charge in [0.05, 0.1) is 22.6 Å². The lowest BCUT2D eigenvalue weighted by Gasteiger charge is -2.04. The molecule has 0 fully saturated rings. The number of imidazole rings is 1. The van der Waals surface area contributed by atoms with Crippen LogP contribution in [0.1, 0.15) is 16.1 Å². The third-order valence-electron chi connectivity index (χ3n) is 2.25. The second-order valence-electron chi connectivity index (χ2n) is 3.32. The average Bonchev–Trinajstić information content (AvgIpc) is 2.68. The molecular weight excluding hydrogens is 247 g/mol. The summed E-state index contributed by atoms with van der Waals surface area (Å²) in [5, 5.41) is 0.644. The van der Waals surface area contributed by atoms with Gasteiger partial charge in [-0.05, 0) is 12.1 Å². The van der Waals surface area contributed by atoms with Crippen LogP contribution in [-0.4, -0.2) is 15.3 Å². The van der Waals surface area contributed by atoms with Gasteiger partial charge in [-0.1, -0.05) is 29.3 Å². The number of hydrogen-bond acceptors (Lipinski definition) is 2. The molecule has 3 nitrogen and oxygen atoms in total. The zero-order valence-electron chi connectivity index (χ0n) is 8.45. The van der Waals surface area contributed by atoms with Crippen molar-refractivity contribution in [3.05, 3.63) is 52.0 Å². The first-order chi connectivity index (χ1) is 7.61. The van der Waals surface area contributed by atoms with E-state index >= 15 is 0 Å². The molecule has 0 saturated heterocycles. The van der Waals surface area contributed by atoms with Crippen LogP contribution < -0.4 is 0 Å². The third-order valence-corrected chi connectivity index (χ3v) is 3.06. The van der Waals surface area contributed by atoms with Crippen molar-refractivity contribution in [2.24, 2.45) is 7.05 Å². The van der Waals surface area contributed by atoms with Crippen molar-refractivity contribution in [3.63, 3.8) is 0 Å². The van der Waals surface area contributed by atoms with E-state index in [1.165, 1.54) is 6.20 Å². The molecule has 0 aliphatic heterocycles. The van der Waals surface area contributed by atoms with Gasteiger partial charge < -0.3 is 4.57 Å². The van der Waals surface area contributed by atoms with E-state index < -0.39 is 0 Å². The summed E-state index contributed by atoms with van der Waals surface area (Å²) in [6, 6.07) is 4.98. The number of nitrogens with zero attached hydrogens (tertiary/aromatic N) is 2. The number of rotatable bonds is 2. The number of benzene rings is 1. The van der Waals surface area contributed by atoms with E-state index in [-0.39, 0.29) is 10.8 Å². The largest absolute Gasteiger partial charge is 0.331 e. The van der Waals surface area contributed by atoms with Gasteiger partial charge in [0.1, 0.15) is 5.69 Å². The predicted molar refractivity (Wildman–Crippen MR) is 63.1 cm³/mol. The minimum Gasteiger partial charge on any atom is -0.331 e. The quantitative estimate of drug-likeness (QED) is 0.773. The molecule has 0 amide bonds. The molecule has 5 heteroatoms. The highest BCUT2D eigenvalue weighted by atomic mass is 35.5. The monoisotopic (exact) mass is 254 g/mol. The molecule has 1 heterocycles. The van der Waals surface area contributed by atoms with E-state index in [0.29, 0.717) is 16.3 Å². The topological polar surface area (TPSA) is 34.9 Å². The SMILES string of the molecule is Cn1cncc1C(=O)c1cccc(Cl)c1Cl. The zero-order valence-corrected chi connectivity index (χ0v) is 9.96. The molecule has 1 aromatic heterocycles. The Hall–Kier alpha value is -1.32. The second kappa shape index (κ2) is 4.28. The number of halogens is 2. The molecule has 0 radical (unpaired) electrons. The van der Waals surface area contributed by atoms with Gasteiger partial charge in [0, 0.05) is 12.6 Å². The summed E-state index contributed by atoms with van der Waals surface area (Å²) < 4.78 is 1.64. The third kappa shape index (κ3) is 1.84. The first-order valence-electron chi connectivity index (χ1n) is 4.56. The fourth-order valence-corrected chi connectivity index (χ4v) is 1.78. The van der Waals surface area contributed by atoms with Crippen molar-refractivity contribution in [3.8, 4) is 0 Å². The van der Waals surface area contributed by atoms with Crippen LogP contribution in [0.2, 0.25) is 10.0 Å². The van der Waals surface area contributed by atoms with Crippen molar-refractivity contribution in [1.29, 1.82) is 0 Å². The van der Waals surface area contributed by atoms with E-state index in [1.54, 1.807) is 36.1 Å². The van der Waals surface area contributed by atoms with E-state index in [0.717, 1.165) is 0 Å². The van der Waals surface area contributed by atoms with Crippen molar-refractivity contribution in [2.75, 3.05) is 0 Å². The minimum absolute atomic E-state index is 0.187. The number of aryl methyl sites for hydroxylation is 1. The van der Waals surface area contributed by atoms with Gasteiger partial charge in [0.2, 0.25) is 5.78 Å². The number of aromatic nitrogens is 2. The molecule has 0 aliphatic rings. The van der Waals surface area contributed by atoms with Gasteiger partial charge in [-0.25, -0.2) is 4.98 Å². The Balaban J connectivity index is 2.50. The molecule has 82 valence electrons. The Morgan fingerprint density at radius 2 is 2.12 bits per heavy atom. The van der Waals surface area contributed by atoms with Gasteiger partial charge in [-0.3, -0.25) is 4.79 Å². The number of hydrogen-bond donors (Lipinski definition) is 0. The Morgan fingerprint density at radius 1 is 1.38 bits per heavy atom. The lowest BCUT2D eigenvalue weighted by molar-refractivity contribution is 0.103. The maximum atomic E-state index is 12.1. The van der Waals surface area contributed by atoms with Gasteiger partial charge in [0.25, 0.3) is 0 Å². The van der Waals surface area contributed by atoms with Crippen molar-refractivity contribution < 1.29 is 4.79 Å². The van der Waals surface area contributed by atoms with Crippen molar-refractivity contribution in [1.82, 2.24) is 9.55 Å². The molecule has 1 aromatic carbocycles. The van der Waals surface area contributed by atoms with E-state index in [1.807, 2.05) is 0 Å². The summed E-state index contributed by atoms with van der Waals surface area (Å²) >= 11 is 11.8. The molecule has 16 heavy (non-hydrogen) atoms. The van der Waals surface area contributed by atoms with Gasteiger partial charge in [0.15, 0.2) is 0 Å². The Bertz CT molecular complexity index is 549. The Morgan fingerprint density at radius 3 is 2.75 bits per heavy atom. The number of ketones is 1. The van der Waals surface area contributed by atoms with E-state index in [9.17, 15) is 4.79 Å². The second-order valence-corrected chi connectivity index (χ2v) is 4.11. The number of carbonyl (C=O) groups is 1. The van der Waals surface area contributed by atoms with Gasteiger partial charge in [-0.15, -0.1) is 0 Å². The molecule has 0 unspecified atom stereocenters. The van der Waals surface area contributed by atoms with E-state index in [4.69, 9.17) is 23.2 Å². The molecule has 2 aromatic rings. The number of carbonyl (C=O) groups excluding carboxylic acids is 1. The normalized spacial score (nSPS) is 10.4. The fourth-order valence-electron chi connectivity index (χ4n) is 1.39. The highest BCUT2D eigenvalue weighted by molar-refractivity contribution is 6.44. The lowest BCUT2D eigenvalue weighted by Crippen LogP contribution is -2.07. The summed E-state index contributed by atoms with van der Waals surface area (Å²) in [5.41, 5.74) is 0.863. The highest BCUT2D eigenvalue weighted by Crippen LogP contribution is 2.27. The van der Waals surface area contributed by atoms with Crippen LogP contribution in [0.25, 0.3) is 0 Å². The summed E-state index contributed by atoms with van der Waals surface area (Å²) in [6.45, 7) is 0. The summed E-state index contributed by atoms with van der Waals surface area (Å²) in [5.74, 6) is -0.187. The smallest absolute Gasteiger partial charge is 0.212 e. The first kappa shape index (κ1) is 11.2. The van der Waals surface area contributed by atoms with Crippen LogP contribution in [0.3, 0.4) is 0 Å². The van der Waals surface area contributed by atoms with E-state index in [2.05, 4.69) is 4.98 Å². The lowest BCUT2D eigenvalue weighted by atomic mass is 10.1. The molecule has 0 bridgehead atoms. The van der Waals surface area contributed by atoms with Crippen molar-refractivity contribution in [2.45, 2.75) is 0 Å². The Kier molecular flexibility index (Phi) is 2.99.